The number of rotatable bonds is 5. The molecule has 0 atom stereocenters. The van der Waals surface area contributed by atoms with Gasteiger partial charge in [-0.3, -0.25) is 0 Å². The minimum atomic E-state index is -0.209. The summed E-state index contributed by atoms with van der Waals surface area (Å²) in [4.78, 5) is 1.59. The van der Waals surface area contributed by atoms with Gasteiger partial charge in [0.1, 0.15) is 11.6 Å². The van der Waals surface area contributed by atoms with Gasteiger partial charge in [0.05, 0.1) is 12.0 Å². The molecule has 0 aliphatic carbocycles. The van der Waals surface area contributed by atoms with E-state index in [-0.39, 0.29) is 5.82 Å². The Morgan fingerprint density at radius 1 is 1.21 bits per heavy atom. The summed E-state index contributed by atoms with van der Waals surface area (Å²) in [5, 5.41) is 0. The van der Waals surface area contributed by atoms with Crippen LogP contribution < -0.4 is 10.5 Å². The third-order valence-corrected chi connectivity index (χ3v) is 3.87. The molecular formula is C15H16FNOS. The van der Waals surface area contributed by atoms with Crippen molar-refractivity contribution in [2.24, 2.45) is 5.73 Å². The zero-order valence-electron chi connectivity index (χ0n) is 10.7. The molecule has 2 aromatic carbocycles. The molecule has 0 saturated carbocycles. The molecule has 2 rings (SSSR count). The van der Waals surface area contributed by atoms with Crippen LogP contribution in [0.4, 0.5) is 4.39 Å². The Labute approximate surface area is 116 Å². The molecule has 100 valence electrons. The predicted octanol–water partition coefficient (Wildman–Crippen LogP) is 3.49. The molecule has 0 heterocycles. The van der Waals surface area contributed by atoms with Crippen molar-refractivity contribution in [3.8, 4) is 5.75 Å². The van der Waals surface area contributed by atoms with E-state index in [9.17, 15) is 4.39 Å². The van der Waals surface area contributed by atoms with Crippen molar-refractivity contribution in [3.63, 3.8) is 0 Å². The fraction of sp³-hybridized carbons (Fsp3) is 0.200. The van der Waals surface area contributed by atoms with E-state index in [4.69, 9.17) is 10.5 Å². The molecule has 19 heavy (non-hydrogen) atoms. The van der Waals surface area contributed by atoms with E-state index in [1.54, 1.807) is 13.2 Å². The minimum Gasteiger partial charge on any atom is -0.497 e. The van der Waals surface area contributed by atoms with Crippen LogP contribution >= 0.6 is 11.8 Å². The molecule has 2 aromatic rings. The third kappa shape index (κ3) is 3.49. The molecule has 4 heteroatoms. The maximum atomic E-state index is 13.9. The van der Waals surface area contributed by atoms with Crippen LogP contribution in [0.1, 0.15) is 5.56 Å². The van der Waals surface area contributed by atoms with E-state index in [1.807, 2.05) is 30.3 Å². The summed E-state index contributed by atoms with van der Waals surface area (Å²) in [5.74, 6) is 0.556. The molecule has 0 aliphatic heterocycles. The highest BCUT2D eigenvalue weighted by Crippen LogP contribution is 2.34. The van der Waals surface area contributed by atoms with Gasteiger partial charge in [0.2, 0.25) is 0 Å². The Kier molecular flexibility index (Phi) is 4.82. The van der Waals surface area contributed by atoms with Gasteiger partial charge in [-0.25, -0.2) is 4.39 Å². The molecule has 0 bridgehead atoms. The van der Waals surface area contributed by atoms with Crippen LogP contribution in [0.15, 0.2) is 52.3 Å². The van der Waals surface area contributed by atoms with E-state index in [2.05, 4.69) is 0 Å². The molecular weight excluding hydrogens is 261 g/mol. The van der Waals surface area contributed by atoms with Crippen molar-refractivity contribution in [2.75, 3.05) is 13.7 Å². The average Bonchev–Trinajstić information content (AvgIpc) is 2.43. The predicted molar refractivity (Wildman–Crippen MR) is 76.3 cm³/mol. The van der Waals surface area contributed by atoms with E-state index in [0.29, 0.717) is 17.9 Å². The Morgan fingerprint density at radius 3 is 2.74 bits per heavy atom. The van der Waals surface area contributed by atoms with E-state index in [1.165, 1.54) is 17.8 Å². The highest BCUT2D eigenvalue weighted by molar-refractivity contribution is 7.99. The average molecular weight is 277 g/mol. The lowest BCUT2D eigenvalue weighted by molar-refractivity contribution is 0.413. The molecule has 0 spiro atoms. The summed E-state index contributed by atoms with van der Waals surface area (Å²) in [7, 11) is 1.62. The van der Waals surface area contributed by atoms with Crippen molar-refractivity contribution in [1.29, 1.82) is 0 Å². The summed E-state index contributed by atoms with van der Waals surface area (Å²) in [6, 6.07) is 12.7. The van der Waals surface area contributed by atoms with Gasteiger partial charge in [-0.05, 0) is 42.8 Å². The summed E-state index contributed by atoms with van der Waals surface area (Å²) < 4.78 is 19.1. The maximum absolute atomic E-state index is 13.9. The van der Waals surface area contributed by atoms with Gasteiger partial charge in [0.15, 0.2) is 0 Å². The second-order valence-electron chi connectivity index (χ2n) is 4.05. The highest BCUT2D eigenvalue weighted by Gasteiger charge is 2.10. The second kappa shape index (κ2) is 6.59. The highest BCUT2D eigenvalue weighted by atomic mass is 32.2. The summed E-state index contributed by atoms with van der Waals surface area (Å²) in [6.45, 7) is 0.509. The van der Waals surface area contributed by atoms with Crippen LogP contribution in [-0.4, -0.2) is 13.7 Å². The standard InChI is InChI=1S/C15H16FNOS/c1-18-12-5-3-6-13(10-12)19-15-11(8-9-17)4-2-7-14(15)16/h2-7,10H,8-9,17H2,1H3. The lowest BCUT2D eigenvalue weighted by atomic mass is 10.1. The minimum absolute atomic E-state index is 0.209. The first kappa shape index (κ1) is 13.9. The van der Waals surface area contributed by atoms with Crippen molar-refractivity contribution in [3.05, 3.63) is 53.8 Å². The van der Waals surface area contributed by atoms with E-state index in [0.717, 1.165) is 16.2 Å². The Bertz CT molecular complexity index is 560. The Hall–Kier alpha value is -1.52. The van der Waals surface area contributed by atoms with Gasteiger partial charge in [0.25, 0.3) is 0 Å². The molecule has 2 N–H and O–H groups in total. The Morgan fingerprint density at radius 2 is 2.00 bits per heavy atom. The van der Waals surface area contributed by atoms with Gasteiger partial charge in [-0.1, -0.05) is 30.0 Å². The topological polar surface area (TPSA) is 35.2 Å². The van der Waals surface area contributed by atoms with Crippen LogP contribution in [0.2, 0.25) is 0 Å². The second-order valence-corrected chi connectivity index (χ2v) is 5.13. The SMILES string of the molecule is COc1cccc(Sc2c(F)cccc2CCN)c1. The summed E-state index contributed by atoms with van der Waals surface area (Å²) in [6.07, 6.45) is 0.671. The Balaban J connectivity index is 2.31. The summed E-state index contributed by atoms with van der Waals surface area (Å²) >= 11 is 1.40. The molecule has 0 aromatic heterocycles. The fourth-order valence-corrected chi connectivity index (χ4v) is 2.83. The number of benzene rings is 2. The monoisotopic (exact) mass is 277 g/mol. The number of ether oxygens (including phenoxy) is 1. The van der Waals surface area contributed by atoms with E-state index >= 15 is 0 Å². The van der Waals surface area contributed by atoms with Crippen LogP contribution in [0, 0.1) is 5.82 Å². The van der Waals surface area contributed by atoms with Crippen LogP contribution in [0.25, 0.3) is 0 Å². The quantitative estimate of drug-likeness (QED) is 0.908. The molecule has 2 nitrogen and oxygen atoms in total. The molecule has 0 aliphatic rings. The van der Waals surface area contributed by atoms with Crippen molar-refractivity contribution < 1.29 is 9.13 Å². The van der Waals surface area contributed by atoms with Gasteiger partial charge < -0.3 is 10.5 Å². The van der Waals surface area contributed by atoms with Crippen molar-refractivity contribution >= 4 is 11.8 Å². The first-order valence-electron chi connectivity index (χ1n) is 6.04. The van der Waals surface area contributed by atoms with E-state index < -0.39 is 0 Å². The zero-order chi connectivity index (χ0) is 13.7. The lowest BCUT2D eigenvalue weighted by Gasteiger charge is -2.10. The molecule has 0 unspecified atom stereocenters. The van der Waals surface area contributed by atoms with Crippen LogP contribution in [0.3, 0.4) is 0 Å². The van der Waals surface area contributed by atoms with Gasteiger partial charge in [-0.15, -0.1) is 0 Å². The van der Waals surface area contributed by atoms with Gasteiger partial charge in [0, 0.05) is 4.90 Å². The largest absolute Gasteiger partial charge is 0.497 e. The number of methoxy groups -OCH3 is 1. The molecule has 0 amide bonds. The first-order valence-corrected chi connectivity index (χ1v) is 6.85. The van der Waals surface area contributed by atoms with Crippen molar-refractivity contribution in [1.82, 2.24) is 0 Å². The molecule has 0 radical (unpaired) electrons. The number of hydrogen-bond donors (Lipinski definition) is 1. The third-order valence-electron chi connectivity index (χ3n) is 2.72. The van der Waals surface area contributed by atoms with Crippen molar-refractivity contribution in [2.45, 2.75) is 16.2 Å². The molecule has 0 fully saturated rings. The number of nitrogens with two attached hydrogens (primary N) is 1. The fourth-order valence-electron chi connectivity index (χ4n) is 1.80. The molecule has 0 saturated heterocycles. The van der Waals surface area contributed by atoms with Crippen LogP contribution in [0.5, 0.6) is 5.75 Å². The zero-order valence-corrected chi connectivity index (χ0v) is 11.5. The van der Waals surface area contributed by atoms with Gasteiger partial charge in [-0.2, -0.15) is 0 Å². The van der Waals surface area contributed by atoms with Gasteiger partial charge >= 0.3 is 0 Å². The normalized spacial score (nSPS) is 10.5. The maximum Gasteiger partial charge on any atom is 0.137 e. The smallest absolute Gasteiger partial charge is 0.137 e. The summed E-state index contributed by atoms with van der Waals surface area (Å²) in [5.41, 5.74) is 6.51. The van der Waals surface area contributed by atoms with Crippen LogP contribution in [-0.2, 0) is 6.42 Å². The number of hydrogen-bond acceptors (Lipinski definition) is 3. The number of halogens is 1. The first-order chi connectivity index (χ1) is 9.24. The lowest BCUT2D eigenvalue weighted by Crippen LogP contribution is -2.04.